The Morgan fingerprint density at radius 2 is 1.85 bits per heavy atom. The molecule has 0 bridgehead atoms. The summed E-state index contributed by atoms with van der Waals surface area (Å²) in [6, 6.07) is 6.58. The molecule has 4 aliphatic rings. The van der Waals surface area contributed by atoms with Gasteiger partial charge >= 0.3 is 6.18 Å². The van der Waals surface area contributed by atoms with Crippen molar-refractivity contribution >= 4 is 17.1 Å². The first kappa shape index (κ1) is 27.9. The number of alkyl halides is 5. The van der Waals surface area contributed by atoms with Crippen molar-refractivity contribution in [3.63, 3.8) is 0 Å². The summed E-state index contributed by atoms with van der Waals surface area (Å²) < 4.78 is 68.8. The van der Waals surface area contributed by atoms with E-state index in [1.807, 2.05) is 4.90 Å². The number of hydrogen-bond acceptors (Lipinski definition) is 4. The number of nitrogens with one attached hydrogen (secondary N) is 1. The number of fused-ring (bicyclic) bond motifs is 3. The molecule has 4 nitrogen and oxygen atoms in total. The quantitative estimate of drug-likeness (QED) is 0.357. The Bertz CT molecular complexity index is 1400. The van der Waals surface area contributed by atoms with Gasteiger partial charge in [-0.15, -0.1) is 0 Å². The predicted molar refractivity (Wildman–Crippen MR) is 152 cm³/mol. The van der Waals surface area contributed by atoms with Gasteiger partial charge in [0.2, 0.25) is 0 Å². The number of pyridine rings is 1. The van der Waals surface area contributed by atoms with Crippen LogP contribution in [-0.4, -0.2) is 41.7 Å². The smallest absolute Gasteiger partial charge is 0.358 e. The molecule has 3 aliphatic heterocycles. The Hall–Kier alpha value is -3.20. The molecule has 1 spiro atoms. The summed E-state index contributed by atoms with van der Waals surface area (Å²) in [5.41, 5.74) is 2.87. The monoisotopic (exact) mass is 570 g/mol. The third-order valence-corrected chi connectivity index (χ3v) is 9.41. The molecule has 6 rings (SSSR count). The highest BCUT2D eigenvalue weighted by Crippen LogP contribution is 2.50. The highest BCUT2D eigenvalue weighted by Gasteiger charge is 2.45. The first-order chi connectivity index (χ1) is 19.5. The molecule has 0 unspecified atom stereocenters. The van der Waals surface area contributed by atoms with Gasteiger partial charge in [0.25, 0.3) is 6.43 Å². The molecule has 1 saturated carbocycles. The summed E-state index contributed by atoms with van der Waals surface area (Å²) in [6.45, 7) is 12.7. The van der Waals surface area contributed by atoms with Gasteiger partial charge in [-0.05, 0) is 99.5 Å². The van der Waals surface area contributed by atoms with Crippen LogP contribution >= 0.6 is 0 Å². The Labute approximate surface area is 237 Å². The number of likely N-dealkylation sites (tertiary alicyclic amines) is 1. The third-order valence-electron chi connectivity index (χ3n) is 9.41. The molecule has 9 heteroatoms. The van der Waals surface area contributed by atoms with Gasteiger partial charge in [-0.2, -0.15) is 13.2 Å². The average Bonchev–Trinajstić information content (AvgIpc) is 3.17. The Balaban J connectivity index is 1.11. The number of nitrogens with zero attached hydrogens (tertiary/aromatic N) is 3. The molecule has 218 valence electrons. The number of benzene rings is 1. The van der Waals surface area contributed by atoms with Gasteiger partial charge in [0.1, 0.15) is 5.82 Å². The van der Waals surface area contributed by atoms with Crippen LogP contribution in [0.1, 0.15) is 67.7 Å². The average molecular weight is 571 g/mol. The van der Waals surface area contributed by atoms with Gasteiger partial charge in [0, 0.05) is 45.9 Å². The highest BCUT2D eigenvalue weighted by molar-refractivity contribution is 5.85. The van der Waals surface area contributed by atoms with E-state index in [2.05, 4.69) is 35.3 Å². The maximum atomic E-state index is 14.0. The number of piperidine rings is 1. The van der Waals surface area contributed by atoms with E-state index in [-0.39, 0.29) is 22.6 Å². The Kier molecular flexibility index (Phi) is 6.99. The normalized spacial score (nSPS) is 23.8. The second-order valence-corrected chi connectivity index (χ2v) is 12.1. The van der Waals surface area contributed by atoms with Crippen LogP contribution in [0.5, 0.6) is 0 Å². The topological polar surface area (TPSA) is 31.4 Å². The molecule has 4 heterocycles. The second-order valence-electron chi connectivity index (χ2n) is 12.1. The van der Waals surface area contributed by atoms with Crippen molar-refractivity contribution in [1.82, 2.24) is 9.88 Å². The summed E-state index contributed by atoms with van der Waals surface area (Å²) in [5, 5.41) is 3.31. The molecule has 2 aromatic rings. The van der Waals surface area contributed by atoms with Crippen molar-refractivity contribution in [3.8, 4) is 0 Å². The molecule has 1 N–H and O–H groups in total. The summed E-state index contributed by atoms with van der Waals surface area (Å²) in [5.74, 6) is 0.897. The van der Waals surface area contributed by atoms with E-state index < -0.39 is 18.2 Å². The number of hydrogen-bond donors (Lipinski definition) is 1. The van der Waals surface area contributed by atoms with E-state index in [9.17, 15) is 22.0 Å². The lowest BCUT2D eigenvalue weighted by atomic mass is 9.72. The highest BCUT2D eigenvalue weighted by atomic mass is 19.4. The molecule has 41 heavy (non-hydrogen) atoms. The molecule has 1 saturated heterocycles. The summed E-state index contributed by atoms with van der Waals surface area (Å²) in [4.78, 5) is 8.76. The van der Waals surface area contributed by atoms with E-state index in [0.29, 0.717) is 23.9 Å². The number of aromatic nitrogens is 1. The lowest BCUT2D eigenvalue weighted by molar-refractivity contribution is -0.0690. The van der Waals surface area contributed by atoms with Gasteiger partial charge in [0.05, 0.1) is 5.57 Å². The second kappa shape index (κ2) is 10.3. The minimum atomic E-state index is -4.49. The van der Waals surface area contributed by atoms with Crippen LogP contribution in [0.3, 0.4) is 0 Å². The zero-order valence-electron chi connectivity index (χ0n) is 23.2. The molecule has 1 aromatic carbocycles. The van der Waals surface area contributed by atoms with Gasteiger partial charge < -0.3 is 15.1 Å². The van der Waals surface area contributed by atoms with Crippen molar-refractivity contribution in [1.29, 1.82) is 0 Å². The molecule has 1 aliphatic carbocycles. The fourth-order valence-electron chi connectivity index (χ4n) is 7.07. The first-order valence-corrected chi connectivity index (χ1v) is 14.3. The molecular formula is C32H35F5N4. The van der Waals surface area contributed by atoms with E-state index in [0.717, 1.165) is 80.3 Å². The van der Waals surface area contributed by atoms with Gasteiger partial charge in [-0.1, -0.05) is 26.1 Å². The first-order valence-electron chi connectivity index (χ1n) is 14.3. The minimum absolute atomic E-state index is 0.0268. The molecular weight excluding hydrogens is 535 g/mol. The van der Waals surface area contributed by atoms with Crippen LogP contribution in [0.2, 0.25) is 0 Å². The Morgan fingerprint density at radius 3 is 2.51 bits per heavy atom. The van der Waals surface area contributed by atoms with E-state index in [1.54, 1.807) is 24.4 Å². The maximum absolute atomic E-state index is 14.0. The number of halogens is 5. The van der Waals surface area contributed by atoms with Gasteiger partial charge in [-0.3, -0.25) is 0 Å². The van der Waals surface area contributed by atoms with Crippen LogP contribution < -0.4 is 10.2 Å². The zero-order chi connectivity index (χ0) is 29.1. The number of rotatable bonds is 6. The Morgan fingerprint density at radius 1 is 1.12 bits per heavy atom. The number of aryl methyl sites for hydroxylation is 1. The van der Waals surface area contributed by atoms with E-state index >= 15 is 0 Å². The van der Waals surface area contributed by atoms with Crippen molar-refractivity contribution in [2.24, 2.45) is 5.92 Å². The van der Waals surface area contributed by atoms with Crippen LogP contribution in [-0.2, 0) is 11.8 Å². The fourth-order valence-corrected chi connectivity index (χ4v) is 7.07. The van der Waals surface area contributed by atoms with Crippen molar-refractivity contribution in [2.75, 3.05) is 29.9 Å². The maximum Gasteiger partial charge on any atom is 0.417 e. The van der Waals surface area contributed by atoms with E-state index in [4.69, 9.17) is 0 Å². The van der Waals surface area contributed by atoms with Gasteiger partial charge in [-0.25, -0.2) is 13.8 Å². The molecule has 0 amide bonds. The fraction of sp³-hybridized carbons (Fsp3) is 0.469. The largest absolute Gasteiger partial charge is 0.417 e. The zero-order valence-corrected chi connectivity index (χ0v) is 23.2. The van der Waals surface area contributed by atoms with Crippen LogP contribution in [0.15, 0.2) is 61.1 Å². The van der Waals surface area contributed by atoms with Crippen LogP contribution in [0, 0.1) is 5.92 Å². The molecule has 2 fully saturated rings. The number of anilines is 2. The summed E-state index contributed by atoms with van der Waals surface area (Å²) >= 11 is 0. The number of allylic oxidation sites excluding steroid dienone is 3. The molecule has 0 radical (unpaired) electrons. The standard InChI is InChI=1S/C32H35F5N4/c1-19-13-24(14-19)41-20(2)15-26(32(35,36)37)25-16-22(18-38-30(25)41)5-4-10-40-11-8-31(9-12-40)21(3)39-28-7-6-23(29(33)34)17-27(28)31/h6-7,15-19,24,29,39H,2-5,8-14H2,1H3. The molecule has 1 aromatic heterocycles. The van der Waals surface area contributed by atoms with Crippen molar-refractivity contribution < 1.29 is 22.0 Å². The van der Waals surface area contributed by atoms with Crippen LogP contribution in [0.25, 0.3) is 5.57 Å². The van der Waals surface area contributed by atoms with Crippen LogP contribution in [0.4, 0.5) is 33.5 Å². The summed E-state index contributed by atoms with van der Waals surface area (Å²) in [6.07, 6.45) is 0.629. The lowest BCUT2D eigenvalue weighted by Gasteiger charge is -2.45. The van der Waals surface area contributed by atoms with Crippen molar-refractivity contribution in [2.45, 2.75) is 69.5 Å². The van der Waals surface area contributed by atoms with E-state index in [1.165, 1.54) is 6.07 Å². The van der Waals surface area contributed by atoms with Crippen molar-refractivity contribution in [3.05, 3.63) is 83.3 Å². The van der Waals surface area contributed by atoms with Gasteiger partial charge in [0.15, 0.2) is 0 Å². The third kappa shape index (κ3) is 4.96. The minimum Gasteiger partial charge on any atom is -0.358 e. The SMILES string of the molecule is C=C1C=C(C(F)(F)F)c2cc(CCCN3CCC4(CC3)C(=C)Nc3ccc(C(F)F)cc34)cnc2N1C1CC(C)C1. The molecule has 0 atom stereocenters. The predicted octanol–water partition coefficient (Wildman–Crippen LogP) is 8.00. The summed E-state index contributed by atoms with van der Waals surface area (Å²) in [7, 11) is 0. The lowest BCUT2D eigenvalue weighted by Crippen LogP contribution is -2.45.